The maximum absolute atomic E-state index is 12.9. The van der Waals surface area contributed by atoms with Crippen LogP contribution in [-0.4, -0.2) is 36.9 Å². The number of rotatable bonds is 6. The predicted molar refractivity (Wildman–Crippen MR) is 120 cm³/mol. The van der Waals surface area contributed by atoms with Gasteiger partial charge in [0.15, 0.2) is 6.10 Å². The van der Waals surface area contributed by atoms with Crippen molar-refractivity contribution in [1.29, 1.82) is 0 Å². The van der Waals surface area contributed by atoms with Crippen LogP contribution in [0.1, 0.15) is 52.8 Å². The van der Waals surface area contributed by atoms with Gasteiger partial charge in [-0.2, -0.15) is 0 Å². The SMILES string of the molecule is CCOc1ccc2oc(C(=O)OC(C)C(=O)c3ccc4c(c3)CCN4C(C)=O)c(C)c2c1. The summed E-state index contributed by atoms with van der Waals surface area (Å²) in [7, 11) is 0. The van der Waals surface area contributed by atoms with E-state index in [9.17, 15) is 14.4 Å². The molecule has 32 heavy (non-hydrogen) atoms. The summed E-state index contributed by atoms with van der Waals surface area (Å²) in [4.78, 5) is 39.1. The molecule has 0 spiro atoms. The number of carbonyl (C=O) groups excluding carboxylic acids is 3. The van der Waals surface area contributed by atoms with Crippen molar-refractivity contribution < 1.29 is 28.3 Å². The van der Waals surface area contributed by atoms with Crippen molar-refractivity contribution in [3.63, 3.8) is 0 Å². The van der Waals surface area contributed by atoms with Gasteiger partial charge in [0.25, 0.3) is 0 Å². The van der Waals surface area contributed by atoms with Crippen LogP contribution in [-0.2, 0) is 16.0 Å². The lowest BCUT2D eigenvalue weighted by Crippen LogP contribution is -2.26. The highest BCUT2D eigenvalue weighted by Crippen LogP contribution is 2.31. The number of carbonyl (C=O) groups is 3. The van der Waals surface area contributed by atoms with E-state index in [4.69, 9.17) is 13.9 Å². The molecule has 0 bridgehead atoms. The molecular weight excluding hydrogens is 410 g/mol. The van der Waals surface area contributed by atoms with Crippen molar-refractivity contribution in [1.82, 2.24) is 0 Å². The fourth-order valence-electron chi connectivity index (χ4n) is 4.04. The largest absolute Gasteiger partial charge is 0.494 e. The fourth-order valence-corrected chi connectivity index (χ4v) is 4.04. The van der Waals surface area contributed by atoms with Gasteiger partial charge in [-0.05, 0) is 69.2 Å². The molecule has 1 aromatic heterocycles. The zero-order valence-corrected chi connectivity index (χ0v) is 18.6. The maximum atomic E-state index is 12.9. The molecule has 1 aliphatic heterocycles. The Hall–Kier alpha value is -3.61. The van der Waals surface area contributed by atoms with Crippen LogP contribution in [0.2, 0.25) is 0 Å². The average molecular weight is 435 g/mol. The monoisotopic (exact) mass is 435 g/mol. The lowest BCUT2D eigenvalue weighted by atomic mass is 10.0. The van der Waals surface area contributed by atoms with E-state index in [-0.39, 0.29) is 17.5 Å². The van der Waals surface area contributed by atoms with Gasteiger partial charge in [0.2, 0.25) is 17.5 Å². The second-order valence-electron chi connectivity index (χ2n) is 7.82. The summed E-state index contributed by atoms with van der Waals surface area (Å²) in [6, 6.07) is 10.5. The highest BCUT2D eigenvalue weighted by molar-refractivity contribution is 6.03. The van der Waals surface area contributed by atoms with Crippen molar-refractivity contribution in [3.05, 3.63) is 58.8 Å². The van der Waals surface area contributed by atoms with Crippen LogP contribution in [0.3, 0.4) is 0 Å². The van der Waals surface area contributed by atoms with Crippen LogP contribution in [0.5, 0.6) is 5.75 Å². The number of nitrogens with zero attached hydrogens (tertiary/aromatic N) is 1. The standard InChI is InChI=1S/C25H25NO6/c1-5-30-19-7-9-22-20(13-19)14(2)24(32-22)25(29)31-15(3)23(28)18-6-8-21-17(12-18)10-11-26(21)16(4)27/h6-9,12-13,15H,5,10-11H2,1-4H3. The second-order valence-corrected chi connectivity index (χ2v) is 7.82. The first-order valence-electron chi connectivity index (χ1n) is 10.6. The number of ether oxygens (including phenoxy) is 2. The van der Waals surface area contributed by atoms with E-state index in [0.717, 1.165) is 16.6 Å². The van der Waals surface area contributed by atoms with Gasteiger partial charge in [-0.1, -0.05) is 0 Å². The Bertz CT molecular complexity index is 1220. The number of amides is 1. The summed E-state index contributed by atoms with van der Waals surface area (Å²) in [6.07, 6.45) is -0.302. The Balaban J connectivity index is 1.51. The molecule has 2 aromatic carbocycles. The van der Waals surface area contributed by atoms with Gasteiger partial charge < -0.3 is 18.8 Å². The third-order valence-electron chi connectivity index (χ3n) is 5.70. The Morgan fingerprint density at radius 1 is 1.16 bits per heavy atom. The molecule has 1 aliphatic rings. The molecule has 0 radical (unpaired) electrons. The molecule has 7 heteroatoms. The number of aryl methyl sites for hydroxylation is 1. The molecule has 0 saturated carbocycles. The summed E-state index contributed by atoms with van der Waals surface area (Å²) >= 11 is 0. The number of Topliss-reactive ketones (excluding diaryl/α,β-unsaturated/α-hetero) is 1. The number of esters is 1. The van der Waals surface area contributed by atoms with Crippen LogP contribution in [0.4, 0.5) is 5.69 Å². The summed E-state index contributed by atoms with van der Waals surface area (Å²) in [5.74, 6) is -0.275. The lowest BCUT2D eigenvalue weighted by molar-refractivity contribution is -0.116. The Labute approximate surface area is 185 Å². The van der Waals surface area contributed by atoms with Crippen LogP contribution in [0, 0.1) is 6.92 Å². The number of benzene rings is 2. The maximum Gasteiger partial charge on any atom is 0.375 e. The quantitative estimate of drug-likeness (QED) is 0.419. The van der Waals surface area contributed by atoms with E-state index in [2.05, 4.69) is 0 Å². The highest BCUT2D eigenvalue weighted by atomic mass is 16.6. The lowest BCUT2D eigenvalue weighted by Gasteiger charge is -2.15. The van der Waals surface area contributed by atoms with Crippen LogP contribution >= 0.6 is 0 Å². The smallest absolute Gasteiger partial charge is 0.375 e. The third kappa shape index (κ3) is 3.86. The van der Waals surface area contributed by atoms with Gasteiger partial charge in [-0.25, -0.2) is 4.79 Å². The number of hydrogen-bond donors (Lipinski definition) is 0. The fraction of sp³-hybridized carbons (Fsp3) is 0.320. The minimum atomic E-state index is -0.988. The van der Waals surface area contributed by atoms with Crippen molar-refractivity contribution in [2.45, 2.75) is 40.2 Å². The molecule has 3 aromatic rings. The summed E-state index contributed by atoms with van der Waals surface area (Å²) < 4.78 is 16.6. The van der Waals surface area contributed by atoms with Crippen LogP contribution in [0.25, 0.3) is 11.0 Å². The van der Waals surface area contributed by atoms with E-state index in [1.807, 2.05) is 13.0 Å². The number of hydrogen-bond acceptors (Lipinski definition) is 6. The molecule has 0 N–H and O–H groups in total. The van der Waals surface area contributed by atoms with E-state index in [0.29, 0.717) is 42.0 Å². The van der Waals surface area contributed by atoms with Gasteiger partial charge in [-0.15, -0.1) is 0 Å². The van der Waals surface area contributed by atoms with E-state index in [1.165, 1.54) is 6.92 Å². The average Bonchev–Trinajstić information content (AvgIpc) is 3.34. The second kappa shape index (κ2) is 8.49. The molecule has 2 heterocycles. The predicted octanol–water partition coefficient (Wildman–Crippen LogP) is 4.48. The molecule has 1 amide bonds. The van der Waals surface area contributed by atoms with Crippen LogP contribution < -0.4 is 9.64 Å². The number of furan rings is 1. The summed E-state index contributed by atoms with van der Waals surface area (Å²) in [6.45, 7) is 7.86. The van der Waals surface area contributed by atoms with Crippen LogP contribution in [0.15, 0.2) is 40.8 Å². The summed E-state index contributed by atoms with van der Waals surface area (Å²) in [5.41, 5.74) is 3.38. The first kappa shape index (κ1) is 21.6. The highest BCUT2D eigenvalue weighted by Gasteiger charge is 2.27. The molecule has 0 fully saturated rings. The van der Waals surface area contributed by atoms with Crippen molar-refractivity contribution in [2.24, 2.45) is 0 Å². The summed E-state index contributed by atoms with van der Waals surface area (Å²) in [5, 5.41) is 0.760. The van der Waals surface area contributed by atoms with Gasteiger partial charge in [0, 0.05) is 35.7 Å². The first-order chi connectivity index (χ1) is 15.3. The Kier molecular flexibility index (Phi) is 5.74. The molecule has 1 atom stereocenters. The topological polar surface area (TPSA) is 86.1 Å². The molecule has 0 aliphatic carbocycles. The molecular formula is C25H25NO6. The molecule has 1 unspecified atom stereocenters. The Morgan fingerprint density at radius 3 is 2.66 bits per heavy atom. The molecule has 4 rings (SSSR count). The molecule has 0 saturated heterocycles. The number of anilines is 1. The minimum absolute atomic E-state index is 0.0280. The molecule has 7 nitrogen and oxygen atoms in total. The zero-order chi connectivity index (χ0) is 23.0. The zero-order valence-electron chi connectivity index (χ0n) is 18.6. The number of fused-ring (bicyclic) bond motifs is 2. The van der Waals surface area contributed by atoms with E-state index < -0.39 is 12.1 Å². The normalized spacial score (nSPS) is 13.7. The number of ketones is 1. The van der Waals surface area contributed by atoms with Crippen molar-refractivity contribution >= 4 is 34.3 Å². The third-order valence-corrected chi connectivity index (χ3v) is 5.70. The van der Waals surface area contributed by atoms with E-state index in [1.54, 1.807) is 49.1 Å². The van der Waals surface area contributed by atoms with E-state index >= 15 is 0 Å². The Morgan fingerprint density at radius 2 is 1.94 bits per heavy atom. The van der Waals surface area contributed by atoms with Gasteiger partial charge in [0.05, 0.1) is 6.61 Å². The van der Waals surface area contributed by atoms with Gasteiger partial charge >= 0.3 is 5.97 Å². The van der Waals surface area contributed by atoms with Gasteiger partial charge in [-0.3, -0.25) is 9.59 Å². The van der Waals surface area contributed by atoms with Gasteiger partial charge in [0.1, 0.15) is 11.3 Å². The van der Waals surface area contributed by atoms with Crippen molar-refractivity contribution in [3.8, 4) is 5.75 Å². The minimum Gasteiger partial charge on any atom is -0.494 e. The molecule has 166 valence electrons. The first-order valence-corrected chi connectivity index (χ1v) is 10.6. The van der Waals surface area contributed by atoms with Crippen molar-refractivity contribution in [2.75, 3.05) is 18.1 Å².